The summed E-state index contributed by atoms with van der Waals surface area (Å²) in [5.41, 5.74) is 2.16. The molecule has 25 heavy (non-hydrogen) atoms. The van der Waals surface area contributed by atoms with Gasteiger partial charge in [-0.05, 0) is 41.7 Å². The van der Waals surface area contributed by atoms with Gasteiger partial charge < -0.3 is 15.2 Å². The maximum Gasteiger partial charge on any atom is 0.326 e. The highest BCUT2D eigenvalue weighted by Gasteiger charge is 2.19. The second kappa shape index (κ2) is 9.74. The highest BCUT2D eigenvalue weighted by atomic mass is 32.2. The van der Waals surface area contributed by atoms with E-state index in [-0.39, 0.29) is 6.61 Å². The average Bonchev–Trinajstić information content (AvgIpc) is 2.64. The van der Waals surface area contributed by atoms with Crippen molar-refractivity contribution in [3.63, 3.8) is 0 Å². The van der Waals surface area contributed by atoms with Crippen molar-refractivity contribution in [3.8, 4) is 16.9 Å². The Hall–Kier alpha value is -2.47. The minimum Gasteiger partial charge on any atom is -0.484 e. The van der Waals surface area contributed by atoms with Gasteiger partial charge in [0.15, 0.2) is 6.61 Å². The summed E-state index contributed by atoms with van der Waals surface area (Å²) in [6, 6.07) is 16.5. The summed E-state index contributed by atoms with van der Waals surface area (Å²) in [5, 5.41) is 11.6. The molecule has 0 aliphatic rings. The number of nitrogens with one attached hydrogen (secondary N) is 1. The van der Waals surface area contributed by atoms with Crippen LogP contribution >= 0.6 is 11.8 Å². The molecule has 0 aliphatic carbocycles. The third-order valence-electron chi connectivity index (χ3n) is 3.58. The van der Waals surface area contributed by atoms with Crippen LogP contribution in [0.4, 0.5) is 0 Å². The Bertz CT molecular complexity index is 688. The molecule has 0 bridgehead atoms. The first kappa shape index (κ1) is 18.9. The van der Waals surface area contributed by atoms with Crippen molar-refractivity contribution in [2.45, 2.75) is 12.5 Å². The van der Waals surface area contributed by atoms with Crippen LogP contribution in [-0.2, 0) is 9.59 Å². The normalized spacial score (nSPS) is 11.6. The summed E-state index contributed by atoms with van der Waals surface area (Å²) in [4.78, 5) is 23.0. The molecule has 0 saturated carbocycles. The first-order valence-corrected chi connectivity index (χ1v) is 9.29. The van der Waals surface area contributed by atoms with Crippen molar-refractivity contribution in [2.24, 2.45) is 0 Å². The molecular weight excluding hydrogens is 338 g/mol. The van der Waals surface area contributed by atoms with Crippen LogP contribution in [0, 0.1) is 0 Å². The fourth-order valence-electron chi connectivity index (χ4n) is 2.25. The van der Waals surface area contributed by atoms with Gasteiger partial charge in [0.1, 0.15) is 11.8 Å². The van der Waals surface area contributed by atoms with Crippen LogP contribution in [0.1, 0.15) is 6.42 Å². The fraction of sp³-hybridized carbons (Fsp3) is 0.263. The summed E-state index contributed by atoms with van der Waals surface area (Å²) in [5.74, 6) is -0.250. The van der Waals surface area contributed by atoms with Crippen LogP contribution in [-0.4, -0.2) is 41.6 Å². The lowest BCUT2D eigenvalue weighted by molar-refractivity contribution is -0.142. The monoisotopic (exact) mass is 359 g/mol. The van der Waals surface area contributed by atoms with Gasteiger partial charge in [-0.2, -0.15) is 11.8 Å². The number of benzene rings is 2. The molecule has 1 unspecified atom stereocenters. The Morgan fingerprint density at radius 2 is 1.72 bits per heavy atom. The highest BCUT2D eigenvalue weighted by Crippen LogP contribution is 2.21. The lowest BCUT2D eigenvalue weighted by Crippen LogP contribution is -2.43. The number of carbonyl (C=O) groups is 2. The number of hydrogen-bond acceptors (Lipinski definition) is 4. The lowest BCUT2D eigenvalue weighted by Gasteiger charge is -2.14. The average molecular weight is 359 g/mol. The molecular formula is C19H21NO4S. The van der Waals surface area contributed by atoms with Crippen molar-refractivity contribution in [3.05, 3.63) is 54.6 Å². The predicted octanol–water partition coefficient (Wildman–Crippen LogP) is 3.05. The summed E-state index contributed by atoms with van der Waals surface area (Å²) < 4.78 is 5.43. The molecule has 5 nitrogen and oxygen atoms in total. The molecule has 0 radical (unpaired) electrons. The van der Waals surface area contributed by atoms with Gasteiger partial charge in [0.05, 0.1) is 0 Å². The first-order valence-electron chi connectivity index (χ1n) is 7.89. The molecule has 1 amide bonds. The van der Waals surface area contributed by atoms with Gasteiger partial charge >= 0.3 is 5.97 Å². The number of rotatable bonds is 9. The molecule has 0 saturated heterocycles. The minimum absolute atomic E-state index is 0.215. The zero-order chi connectivity index (χ0) is 18.1. The Morgan fingerprint density at radius 3 is 2.32 bits per heavy atom. The van der Waals surface area contributed by atoms with Gasteiger partial charge in [0, 0.05) is 0 Å². The van der Waals surface area contributed by atoms with Crippen molar-refractivity contribution < 1.29 is 19.4 Å². The zero-order valence-corrected chi connectivity index (χ0v) is 14.8. The standard InChI is InChI=1S/C19H21NO4S/c1-25-12-11-17(19(22)23)20-18(21)13-24-16-9-7-15(8-10-16)14-5-3-2-4-6-14/h2-10,17H,11-13H2,1H3,(H,20,21)(H,22,23). The van der Waals surface area contributed by atoms with Crippen LogP contribution in [0.5, 0.6) is 5.75 Å². The second-order valence-corrected chi connectivity index (χ2v) is 6.40. The van der Waals surface area contributed by atoms with Gasteiger partial charge in [-0.1, -0.05) is 42.5 Å². The minimum atomic E-state index is -1.03. The largest absolute Gasteiger partial charge is 0.484 e. The fourth-order valence-corrected chi connectivity index (χ4v) is 2.72. The topological polar surface area (TPSA) is 75.6 Å². The molecule has 0 fully saturated rings. The number of carboxylic acids is 1. The molecule has 0 spiro atoms. The summed E-state index contributed by atoms with van der Waals surface area (Å²) >= 11 is 1.54. The van der Waals surface area contributed by atoms with Gasteiger partial charge in [0.2, 0.25) is 0 Å². The Labute approximate surface area is 151 Å². The predicted molar refractivity (Wildman–Crippen MR) is 99.9 cm³/mol. The molecule has 2 aromatic rings. The van der Waals surface area contributed by atoms with Crippen molar-refractivity contribution in [1.82, 2.24) is 5.32 Å². The number of hydrogen-bond donors (Lipinski definition) is 2. The van der Waals surface area contributed by atoms with Gasteiger partial charge in [-0.15, -0.1) is 0 Å². The van der Waals surface area contributed by atoms with Crippen LogP contribution in [0.15, 0.2) is 54.6 Å². The van der Waals surface area contributed by atoms with E-state index in [0.717, 1.165) is 11.1 Å². The smallest absolute Gasteiger partial charge is 0.326 e. The van der Waals surface area contributed by atoms with Crippen molar-refractivity contribution >= 4 is 23.6 Å². The van der Waals surface area contributed by atoms with E-state index in [2.05, 4.69) is 5.32 Å². The highest BCUT2D eigenvalue weighted by molar-refractivity contribution is 7.98. The van der Waals surface area contributed by atoms with E-state index in [1.165, 1.54) is 11.8 Å². The number of ether oxygens (including phenoxy) is 1. The van der Waals surface area contributed by atoms with Crippen LogP contribution < -0.4 is 10.1 Å². The number of carbonyl (C=O) groups excluding carboxylic acids is 1. The second-order valence-electron chi connectivity index (χ2n) is 5.42. The van der Waals surface area contributed by atoms with Gasteiger partial charge in [-0.3, -0.25) is 4.79 Å². The number of carboxylic acid groups (broad SMARTS) is 1. The van der Waals surface area contributed by atoms with E-state index in [4.69, 9.17) is 9.84 Å². The van der Waals surface area contributed by atoms with Gasteiger partial charge in [0.25, 0.3) is 5.91 Å². The molecule has 2 rings (SSSR count). The van der Waals surface area contributed by atoms with Gasteiger partial charge in [-0.25, -0.2) is 4.79 Å². The van der Waals surface area contributed by atoms with E-state index in [1.807, 2.05) is 48.7 Å². The molecule has 0 aliphatic heterocycles. The van der Waals surface area contributed by atoms with E-state index in [0.29, 0.717) is 17.9 Å². The maximum absolute atomic E-state index is 11.9. The van der Waals surface area contributed by atoms with E-state index in [9.17, 15) is 9.59 Å². The van der Waals surface area contributed by atoms with E-state index < -0.39 is 17.9 Å². The molecule has 1 atom stereocenters. The SMILES string of the molecule is CSCCC(NC(=O)COc1ccc(-c2ccccc2)cc1)C(=O)O. The van der Waals surface area contributed by atoms with E-state index in [1.54, 1.807) is 12.1 Å². The summed E-state index contributed by atoms with van der Waals surface area (Å²) in [7, 11) is 0. The third-order valence-corrected chi connectivity index (χ3v) is 4.22. The summed E-state index contributed by atoms with van der Waals surface area (Å²) in [6.07, 6.45) is 2.27. The number of amides is 1. The zero-order valence-electron chi connectivity index (χ0n) is 14.0. The Balaban J connectivity index is 1.86. The Morgan fingerprint density at radius 1 is 1.08 bits per heavy atom. The molecule has 0 heterocycles. The summed E-state index contributed by atoms with van der Waals surface area (Å²) in [6.45, 7) is -0.215. The van der Waals surface area contributed by atoms with Crippen molar-refractivity contribution in [1.29, 1.82) is 0 Å². The van der Waals surface area contributed by atoms with Crippen LogP contribution in [0.3, 0.4) is 0 Å². The molecule has 2 N–H and O–H groups in total. The maximum atomic E-state index is 11.9. The lowest BCUT2D eigenvalue weighted by atomic mass is 10.1. The first-order chi connectivity index (χ1) is 12.1. The third kappa shape index (κ3) is 6.15. The number of aliphatic carboxylic acids is 1. The molecule has 6 heteroatoms. The van der Waals surface area contributed by atoms with Crippen LogP contribution in [0.2, 0.25) is 0 Å². The quantitative estimate of drug-likeness (QED) is 0.720. The molecule has 0 aromatic heterocycles. The Kier molecular flexibility index (Phi) is 7.35. The molecule has 132 valence electrons. The van der Waals surface area contributed by atoms with Crippen LogP contribution in [0.25, 0.3) is 11.1 Å². The van der Waals surface area contributed by atoms with Crippen molar-refractivity contribution in [2.75, 3.05) is 18.6 Å². The number of thioether (sulfide) groups is 1. The van der Waals surface area contributed by atoms with E-state index >= 15 is 0 Å². The molecule has 2 aromatic carbocycles.